The number of hydrogen-bond acceptors (Lipinski definition) is 5. The van der Waals surface area contributed by atoms with E-state index in [0.29, 0.717) is 6.08 Å². The van der Waals surface area contributed by atoms with Crippen molar-refractivity contribution in [3.8, 4) is 17.2 Å². The van der Waals surface area contributed by atoms with Crippen molar-refractivity contribution in [2.75, 3.05) is 14.2 Å². The molecule has 0 aromatic heterocycles. The van der Waals surface area contributed by atoms with Crippen LogP contribution in [0, 0.1) is 0 Å². The van der Waals surface area contributed by atoms with E-state index in [2.05, 4.69) is 0 Å². The molecule has 9 heteroatoms. The Labute approximate surface area is 122 Å². The van der Waals surface area contributed by atoms with Crippen LogP contribution in [0.4, 0.5) is 13.2 Å². The zero-order chi connectivity index (χ0) is 17.1. The van der Waals surface area contributed by atoms with E-state index in [0.717, 1.165) is 12.1 Å². The van der Waals surface area contributed by atoms with Crippen LogP contribution in [0.3, 0.4) is 0 Å². The number of hydrogen-bond donors (Lipinski definition) is 2. The molecule has 1 aromatic carbocycles. The Morgan fingerprint density at radius 1 is 1.14 bits per heavy atom. The lowest BCUT2D eigenvalue weighted by Crippen LogP contribution is -2.28. The number of aromatic hydroxyl groups is 1. The Morgan fingerprint density at radius 2 is 1.59 bits per heavy atom. The highest BCUT2D eigenvalue weighted by atomic mass is 19.4. The van der Waals surface area contributed by atoms with Crippen LogP contribution < -0.4 is 9.47 Å². The zero-order valence-corrected chi connectivity index (χ0v) is 11.4. The molecule has 2 N–H and O–H groups in total. The number of halogens is 3. The maximum Gasteiger partial charge on any atom is 0.455 e. The van der Waals surface area contributed by atoms with Crippen LogP contribution in [0.2, 0.25) is 0 Å². The number of Topliss-reactive ketones (excluding diaryl/α,β-unsaturated/α-hetero) is 1. The number of phenols is 1. The lowest BCUT2D eigenvalue weighted by molar-refractivity contribution is -0.168. The van der Waals surface area contributed by atoms with E-state index in [-0.39, 0.29) is 17.1 Å². The van der Waals surface area contributed by atoms with Crippen LogP contribution in [0.25, 0.3) is 6.08 Å². The van der Waals surface area contributed by atoms with E-state index in [9.17, 15) is 27.9 Å². The Bertz CT molecular complexity index is 608. The smallest absolute Gasteiger partial charge is 0.455 e. The molecule has 0 aliphatic heterocycles. The number of alkyl halides is 3. The third-order valence-corrected chi connectivity index (χ3v) is 2.55. The molecule has 0 radical (unpaired) electrons. The van der Waals surface area contributed by atoms with Gasteiger partial charge < -0.3 is 19.7 Å². The van der Waals surface area contributed by atoms with Gasteiger partial charge in [-0.1, -0.05) is 0 Å². The van der Waals surface area contributed by atoms with Crippen LogP contribution in [0.5, 0.6) is 17.2 Å². The minimum Gasteiger partial charge on any atom is -0.502 e. The molecule has 0 unspecified atom stereocenters. The molecule has 1 aromatic rings. The highest BCUT2D eigenvalue weighted by Crippen LogP contribution is 2.38. The Balaban J connectivity index is 3.45. The van der Waals surface area contributed by atoms with Gasteiger partial charge in [-0.05, 0) is 23.8 Å². The van der Waals surface area contributed by atoms with E-state index in [4.69, 9.17) is 14.6 Å². The second kappa shape index (κ2) is 6.37. The Hall–Kier alpha value is -2.71. The maximum atomic E-state index is 12.4. The molecule has 120 valence electrons. The van der Waals surface area contributed by atoms with E-state index >= 15 is 0 Å². The van der Waals surface area contributed by atoms with Crippen molar-refractivity contribution in [2.45, 2.75) is 6.18 Å². The average Bonchev–Trinajstić information content (AvgIpc) is 2.43. The van der Waals surface area contributed by atoms with Crippen molar-refractivity contribution in [2.24, 2.45) is 0 Å². The maximum absolute atomic E-state index is 12.4. The van der Waals surface area contributed by atoms with Gasteiger partial charge in [0.25, 0.3) is 5.78 Å². The fourth-order valence-corrected chi connectivity index (χ4v) is 1.54. The van der Waals surface area contributed by atoms with Crippen molar-refractivity contribution < 1.29 is 42.4 Å². The third kappa shape index (κ3) is 3.68. The van der Waals surface area contributed by atoms with Crippen LogP contribution in [-0.4, -0.2) is 42.4 Å². The minimum absolute atomic E-state index is 0.124. The van der Waals surface area contributed by atoms with Gasteiger partial charge in [-0.15, -0.1) is 0 Å². The average molecular weight is 320 g/mol. The number of ether oxygens (including phenoxy) is 2. The molecule has 0 fully saturated rings. The summed E-state index contributed by atoms with van der Waals surface area (Å²) in [4.78, 5) is 22.0. The van der Waals surface area contributed by atoms with Crippen LogP contribution in [0.15, 0.2) is 17.7 Å². The molecular formula is C13H11F3O6. The standard InChI is InChI=1S/C13H11F3O6/c1-21-8-4-6(5-9(22-2)10(8)17)3-7(12(19)20)11(18)13(14,15)16/h3-5,17H,1-2H3,(H,19,20). The second-order valence-electron chi connectivity index (χ2n) is 3.96. The third-order valence-electron chi connectivity index (χ3n) is 2.55. The minimum atomic E-state index is -5.32. The molecular weight excluding hydrogens is 309 g/mol. The zero-order valence-electron chi connectivity index (χ0n) is 11.4. The fourth-order valence-electron chi connectivity index (χ4n) is 1.54. The first-order valence-corrected chi connectivity index (χ1v) is 5.63. The van der Waals surface area contributed by atoms with Gasteiger partial charge in [-0.25, -0.2) is 4.79 Å². The summed E-state index contributed by atoms with van der Waals surface area (Å²) >= 11 is 0. The van der Waals surface area contributed by atoms with E-state index in [1.807, 2.05) is 0 Å². The van der Waals surface area contributed by atoms with Crippen molar-refractivity contribution in [1.29, 1.82) is 0 Å². The summed E-state index contributed by atoms with van der Waals surface area (Å²) in [5, 5.41) is 18.4. The molecule has 0 spiro atoms. The summed E-state index contributed by atoms with van der Waals surface area (Å²) in [6.45, 7) is 0. The number of phenolic OH excluding ortho intramolecular Hbond substituents is 1. The van der Waals surface area contributed by atoms with Crippen molar-refractivity contribution in [3.63, 3.8) is 0 Å². The van der Waals surface area contributed by atoms with Gasteiger partial charge in [0.15, 0.2) is 11.5 Å². The summed E-state index contributed by atoms with van der Waals surface area (Å²) in [6.07, 6.45) is -4.81. The van der Waals surface area contributed by atoms with E-state index in [1.165, 1.54) is 14.2 Å². The first-order chi connectivity index (χ1) is 10.1. The molecule has 0 bridgehead atoms. The largest absolute Gasteiger partial charge is 0.502 e. The van der Waals surface area contributed by atoms with E-state index < -0.39 is 29.3 Å². The predicted octanol–water partition coefficient (Wildman–Crippen LogP) is 2.01. The van der Waals surface area contributed by atoms with Gasteiger partial charge in [0.1, 0.15) is 5.57 Å². The van der Waals surface area contributed by atoms with Crippen LogP contribution in [0.1, 0.15) is 5.56 Å². The Morgan fingerprint density at radius 3 is 1.91 bits per heavy atom. The quantitative estimate of drug-likeness (QED) is 0.490. The van der Waals surface area contributed by atoms with Gasteiger partial charge in [0, 0.05) is 0 Å². The molecule has 0 saturated carbocycles. The molecule has 0 saturated heterocycles. The molecule has 0 heterocycles. The number of ketones is 1. The molecule has 6 nitrogen and oxygen atoms in total. The molecule has 0 aliphatic carbocycles. The number of rotatable bonds is 5. The van der Waals surface area contributed by atoms with Gasteiger partial charge in [0.2, 0.25) is 5.75 Å². The monoisotopic (exact) mass is 320 g/mol. The number of carboxylic acids is 1. The molecule has 22 heavy (non-hydrogen) atoms. The predicted molar refractivity (Wildman–Crippen MR) is 67.9 cm³/mol. The molecule has 0 aliphatic rings. The first-order valence-electron chi connectivity index (χ1n) is 5.63. The summed E-state index contributed by atoms with van der Waals surface area (Å²) in [6, 6.07) is 2.12. The normalized spacial score (nSPS) is 12.0. The summed E-state index contributed by atoms with van der Waals surface area (Å²) in [5.74, 6) is -5.26. The van der Waals surface area contributed by atoms with Crippen molar-refractivity contribution >= 4 is 17.8 Å². The van der Waals surface area contributed by atoms with Gasteiger partial charge >= 0.3 is 12.1 Å². The molecule has 0 atom stereocenters. The number of carbonyl (C=O) groups excluding carboxylic acids is 1. The number of methoxy groups -OCH3 is 2. The lowest BCUT2D eigenvalue weighted by Gasteiger charge is -2.10. The number of benzene rings is 1. The number of carbonyl (C=O) groups is 2. The van der Waals surface area contributed by atoms with Crippen LogP contribution >= 0.6 is 0 Å². The molecule has 0 amide bonds. The number of carboxylic acid groups (broad SMARTS) is 1. The number of aliphatic carboxylic acids is 1. The van der Waals surface area contributed by atoms with Gasteiger partial charge in [-0.3, -0.25) is 4.79 Å². The SMILES string of the molecule is COc1cc(C=C(C(=O)O)C(=O)C(F)(F)F)cc(OC)c1O. The van der Waals surface area contributed by atoms with Crippen molar-refractivity contribution in [3.05, 3.63) is 23.3 Å². The second-order valence-corrected chi connectivity index (χ2v) is 3.96. The van der Waals surface area contributed by atoms with Gasteiger partial charge in [-0.2, -0.15) is 13.2 Å². The highest BCUT2D eigenvalue weighted by molar-refractivity contribution is 6.22. The Kier molecular flexibility index (Phi) is 5.02. The fraction of sp³-hybridized carbons (Fsp3) is 0.231. The first kappa shape index (κ1) is 17.3. The topological polar surface area (TPSA) is 93.1 Å². The highest BCUT2D eigenvalue weighted by Gasteiger charge is 2.43. The molecule has 1 rings (SSSR count). The van der Waals surface area contributed by atoms with Crippen molar-refractivity contribution in [1.82, 2.24) is 0 Å². The van der Waals surface area contributed by atoms with Crippen LogP contribution in [-0.2, 0) is 9.59 Å². The summed E-state index contributed by atoms with van der Waals surface area (Å²) in [5.41, 5.74) is -1.59. The summed E-state index contributed by atoms with van der Waals surface area (Å²) < 4.78 is 46.7. The summed E-state index contributed by atoms with van der Waals surface area (Å²) in [7, 11) is 2.36. The van der Waals surface area contributed by atoms with E-state index in [1.54, 1.807) is 0 Å². The van der Waals surface area contributed by atoms with Gasteiger partial charge in [0.05, 0.1) is 14.2 Å². The lowest BCUT2D eigenvalue weighted by atomic mass is 10.1.